The fraction of sp³-hybridized carbons (Fsp3) is 0.500. The lowest BCUT2D eigenvalue weighted by Gasteiger charge is -2.41. The molecule has 0 spiro atoms. The molecule has 1 saturated carbocycles. The van der Waals surface area contributed by atoms with Crippen LogP contribution in [0.5, 0.6) is 11.5 Å². The third-order valence-electron chi connectivity index (χ3n) is 3.96. The summed E-state index contributed by atoms with van der Waals surface area (Å²) in [7, 11) is 1.50. The van der Waals surface area contributed by atoms with Crippen molar-refractivity contribution in [2.45, 2.75) is 38.1 Å². The van der Waals surface area contributed by atoms with Gasteiger partial charge in [0.2, 0.25) is 0 Å². The molecule has 1 aromatic rings. The average molecular weight is 386 g/mol. The van der Waals surface area contributed by atoms with Crippen molar-refractivity contribution in [3.8, 4) is 11.5 Å². The first-order chi connectivity index (χ1) is 10.9. The molecule has 23 heavy (non-hydrogen) atoms. The Labute approximate surface area is 143 Å². The minimum absolute atomic E-state index is 0.0614. The van der Waals surface area contributed by atoms with E-state index < -0.39 is 11.5 Å². The van der Waals surface area contributed by atoms with Crippen molar-refractivity contribution in [3.05, 3.63) is 22.2 Å². The molecule has 0 aromatic heterocycles. The number of carbonyl (C=O) groups is 2. The van der Waals surface area contributed by atoms with Gasteiger partial charge in [-0.2, -0.15) is 0 Å². The molecule has 0 bridgehead atoms. The van der Waals surface area contributed by atoms with Crippen LogP contribution in [-0.2, 0) is 4.79 Å². The number of carboxylic acid groups (broad SMARTS) is 1. The molecule has 2 N–H and O–H groups in total. The van der Waals surface area contributed by atoms with Gasteiger partial charge in [-0.3, -0.25) is 9.59 Å². The highest BCUT2D eigenvalue weighted by molar-refractivity contribution is 9.10. The quantitative estimate of drug-likeness (QED) is 0.753. The van der Waals surface area contributed by atoms with E-state index in [1.54, 1.807) is 12.1 Å². The summed E-state index contributed by atoms with van der Waals surface area (Å²) in [6.45, 7) is 2.33. The van der Waals surface area contributed by atoms with E-state index in [4.69, 9.17) is 14.6 Å². The van der Waals surface area contributed by atoms with E-state index in [-0.39, 0.29) is 12.3 Å². The third kappa shape index (κ3) is 3.96. The second kappa shape index (κ2) is 7.21. The number of amides is 1. The lowest BCUT2D eigenvalue weighted by Crippen LogP contribution is -2.54. The van der Waals surface area contributed by atoms with E-state index in [1.807, 2.05) is 6.92 Å². The van der Waals surface area contributed by atoms with Gasteiger partial charge in [0.25, 0.3) is 5.91 Å². The van der Waals surface area contributed by atoms with Gasteiger partial charge in [-0.1, -0.05) is 0 Å². The first-order valence-electron chi connectivity index (χ1n) is 7.45. The van der Waals surface area contributed by atoms with Gasteiger partial charge in [-0.25, -0.2) is 0 Å². The predicted molar refractivity (Wildman–Crippen MR) is 88.2 cm³/mol. The first kappa shape index (κ1) is 17.6. The Kier molecular flexibility index (Phi) is 5.51. The van der Waals surface area contributed by atoms with Crippen molar-refractivity contribution in [2.75, 3.05) is 13.7 Å². The van der Waals surface area contributed by atoms with Crippen LogP contribution in [0, 0.1) is 0 Å². The SMILES string of the molecule is CCOc1c(Br)cc(C(=O)NC2(CC(=O)O)CCC2)cc1OC. The monoisotopic (exact) mass is 385 g/mol. The van der Waals surface area contributed by atoms with Crippen molar-refractivity contribution in [2.24, 2.45) is 0 Å². The second-order valence-corrected chi connectivity index (χ2v) is 6.44. The first-order valence-corrected chi connectivity index (χ1v) is 8.25. The molecule has 6 nitrogen and oxygen atoms in total. The molecule has 0 saturated heterocycles. The number of aliphatic carboxylic acids is 1. The molecule has 2 rings (SSSR count). The molecule has 1 fully saturated rings. The van der Waals surface area contributed by atoms with E-state index in [0.717, 1.165) is 6.42 Å². The van der Waals surface area contributed by atoms with Gasteiger partial charge in [-0.05, 0) is 54.2 Å². The molecule has 7 heteroatoms. The minimum Gasteiger partial charge on any atom is -0.493 e. The summed E-state index contributed by atoms with van der Waals surface area (Å²) in [4.78, 5) is 23.5. The lowest BCUT2D eigenvalue weighted by atomic mass is 9.74. The van der Waals surface area contributed by atoms with Crippen molar-refractivity contribution in [3.63, 3.8) is 0 Å². The molecule has 1 aromatic carbocycles. The molecule has 0 heterocycles. The smallest absolute Gasteiger partial charge is 0.305 e. The molecule has 0 atom stereocenters. The van der Waals surface area contributed by atoms with Crippen LogP contribution in [0.2, 0.25) is 0 Å². The van der Waals surface area contributed by atoms with Crippen LogP contribution in [-0.4, -0.2) is 36.2 Å². The number of halogens is 1. The summed E-state index contributed by atoms with van der Waals surface area (Å²) in [6, 6.07) is 3.24. The van der Waals surface area contributed by atoms with E-state index in [0.29, 0.717) is 41.0 Å². The molecule has 1 aliphatic carbocycles. The van der Waals surface area contributed by atoms with Crippen molar-refractivity contribution in [1.82, 2.24) is 5.32 Å². The fourth-order valence-corrected chi connectivity index (χ4v) is 3.24. The largest absolute Gasteiger partial charge is 0.493 e. The number of hydrogen-bond acceptors (Lipinski definition) is 4. The number of hydrogen-bond donors (Lipinski definition) is 2. The number of ether oxygens (including phenoxy) is 2. The van der Waals surface area contributed by atoms with Crippen molar-refractivity contribution >= 4 is 27.8 Å². The molecule has 0 unspecified atom stereocenters. The van der Waals surface area contributed by atoms with E-state index >= 15 is 0 Å². The number of carboxylic acids is 1. The number of nitrogens with one attached hydrogen (secondary N) is 1. The Morgan fingerprint density at radius 1 is 1.39 bits per heavy atom. The van der Waals surface area contributed by atoms with Crippen molar-refractivity contribution < 1.29 is 24.2 Å². The molecule has 0 aliphatic heterocycles. The van der Waals surface area contributed by atoms with Gasteiger partial charge in [0, 0.05) is 5.56 Å². The van der Waals surface area contributed by atoms with Crippen LogP contribution in [0.3, 0.4) is 0 Å². The summed E-state index contributed by atoms with van der Waals surface area (Å²) in [5.41, 5.74) is -0.241. The van der Waals surface area contributed by atoms with Crippen LogP contribution >= 0.6 is 15.9 Å². The zero-order valence-corrected chi connectivity index (χ0v) is 14.7. The fourth-order valence-electron chi connectivity index (χ4n) is 2.69. The molecule has 126 valence electrons. The highest BCUT2D eigenvalue weighted by Gasteiger charge is 2.40. The summed E-state index contributed by atoms with van der Waals surface area (Å²) in [6.07, 6.45) is 2.22. The molecule has 1 amide bonds. The summed E-state index contributed by atoms with van der Waals surface area (Å²) in [5, 5.41) is 11.9. The average Bonchev–Trinajstić information content (AvgIpc) is 2.46. The van der Waals surface area contributed by atoms with Gasteiger partial charge in [0.15, 0.2) is 11.5 Å². The minimum atomic E-state index is -0.907. The highest BCUT2D eigenvalue weighted by Crippen LogP contribution is 2.38. The molecular weight excluding hydrogens is 366 g/mol. The van der Waals surface area contributed by atoms with Gasteiger partial charge in [-0.15, -0.1) is 0 Å². The Morgan fingerprint density at radius 3 is 2.57 bits per heavy atom. The van der Waals surface area contributed by atoms with Gasteiger partial charge in [0.05, 0.1) is 30.1 Å². The zero-order valence-electron chi connectivity index (χ0n) is 13.1. The highest BCUT2D eigenvalue weighted by atomic mass is 79.9. The van der Waals surface area contributed by atoms with Crippen LogP contribution in [0.1, 0.15) is 43.0 Å². The zero-order chi connectivity index (χ0) is 17.0. The number of carbonyl (C=O) groups excluding carboxylic acids is 1. The Morgan fingerprint density at radius 2 is 2.09 bits per heavy atom. The van der Waals surface area contributed by atoms with Crippen LogP contribution in [0.15, 0.2) is 16.6 Å². The lowest BCUT2D eigenvalue weighted by molar-refractivity contribution is -0.139. The predicted octanol–water partition coefficient (Wildman–Crippen LogP) is 2.98. The Balaban J connectivity index is 2.22. The maximum absolute atomic E-state index is 12.5. The van der Waals surface area contributed by atoms with Crippen molar-refractivity contribution in [1.29, 1.82) is 0 Å². The van der Waals surface area contributed by atoms with Gasteiger partial charge in [0.1, 0.15) is 0 Å². The Bertz CT molecular complexity index is 613. The van der Waals surface area contributed by atoms with E-state index in [9.17, 15) is 9.59 Å². The molecular formula is C16H20BrNO5. The normalized spacial score (nSPS) is 15.4. The topological polar surface area (TPSA) is 84.9 Å². The maximum Gasteiger partial charge on any atom is 0.305 e. The second-order valence-electron chi connectivity index (χ2n) is 5.58. The standard InChI is InChI=1S/C16H20BrNO5/c1-3-23-14-11(17)7-10(8-12(14)22-2)15(21)18-16(5-4-6-16)9-13(19)20/h7-8H,3-6,9H2,1-2H3,(H,18,21)(H,19,20). The summed E-state index contributed by atoms with van der Waals surface area (Å²) in [5.74, 6) is -0.230. The van der Waals surface area contributed by atoms with E-state index in [1.165, 1.54) is 7.11 Å². The van der Waals surface area contributed by atoms with Crippen LogP contribution in [0.25, 0.3) is 0 Å². The number of methoxy groups -OCH3 is 1. The third-order valence-corrected chi connectivity index (χ3v) is 4.55. The number of rotatable bonds is 7. The van der Waals surface area contributed by atoms with Crippen LogP contribution in [0.4, 0.5) is 0 Å². The number of benzene rings is 1. The Hall–Kier alpha value is -1.76. The van der Waals surface area contributed by atoms with Crippen LogP contribution < -0.4 is 14.8 Å². The van der Waals surface area contributed by atoms with Gasteiger partial charge >= 0.3 is 5.97 Å². The summed E-state index contributed by atoms with van der Waals surface area (Å²) >= 11 is 3.38. The molecule has 0 radical (unpaired) electrons. The van der Waals surface area contributed by atoms with Gasteiger partial charge < -0.3 is 19.9 Å². The maximum atomic E-state index is 12.5. The summed E-state index contributed by atoms with van der Waals surface area (Å²) < 4.78 is 11.4. The molecule has 1 aliphatic rings. The van der Waals surface area contributed by atoms with E-state index in [2.05, 4.69) is 21.2 Å².